The van der Waals surface area contributed by atoms with Crippen LogP contribution in [0.2, 0.25) is 0 Å². The molecule has 0 amide bonds. The smallest absolute Gasteiger partial charge is 0.198 e. The van der Waals surface area contributed by atoms with E-state index in [9.17, 15) is 4.39 Å². The van der Waals surface area contributed by atoms with Crippen molar-refractivity contribution in [2.45, 2.75) is 53.3 Å². The van der Waals surface area contributed by atoms with Crippen molar-refractivity contribution < 1.29 is 9.13 Å². The molecule has 1 saturated carbocycles. The second-order valence-corrected chi connectivity index (χ2v) is 9.05. The van der Waals surface area contributed by atoms with Crippen LogP contribution in [0.3, 0.4) is 0 Å². The van der Waals surface area contributed by atoms with Gasteiger partial charge in [0.25, 0.3) is 0 Å². The fourth-order valence-corrected chi connectivity index (χ4v) is 2.86. The van der Waals surface area contributed by atoms with Crippen molar-refractivity contribution in [2.24, 2.45) is 21.6 Å². The Balaban J connectivity index is 2.18. The first-order chi connectivity index (χ1) is 15.5. The van der Waals surface area contributed by atoms with E-state index in [1.54, 1.807) is 12.2 Å². The maximum Gasteiger partial charge on any atom is 0.198 e. The van der Waals surface area contributed by atoms with Crippen molar-refractivity contribution in [1.82, 2.24) is 5.32 Å². The zero-order valence-corrected chi connectivity index (χ0v) is 20.5. The Morgan fingerprint density at radius 3 is 2.45 bits per heavy atom. The van der Waals surface area contributed by atoms with Gasteiger partial charge in [-0.05, 0) is 89.9 Å². The fourth-order valence-electron chi connectivity index (χ4n) is 2.86. The van der Waals surface area contributed by atoms with Crippen molar-refractivity contribution in [3.8, 4) is 5.75 Å². The number of nitrogens with zero attached hydrogens (tertiary/aromatic N) is 2. The minimum absolute atomic E-state index is 0.0805. The number of halogens is 1. The summed E-state index contributed by atoms with van der Waals surface area (Å²) in [6.45, 7) is 18.0. The standard InChI is InChI=1S/C27H37FN4O/c1-18(2)15-31-20(4)23-12-24(14-25(13-23)33-17-22-9-10-22)21(5)32-16-19(3)8-11-26(30-7)27(6,28)29/h8,11-15,22,32H,5,7,9-10,16-17,29H2,1-4,6H3/b19-8+,26-11-,31-20?. The highest BCUT2D eigenvalue weighted by molar-refractivity contribution is 6.00. The minimum Gasteiger partial charge on any atom is -0.493 e. The SMILES string of the molecule is C=N/C(=C\C=C(/C)CNC(=C)c1cc(OCC2CC2)cc(C(C)=NC=C(C)C)c1)C(C)(N)F. The van der Waals surface area contributed by atoms with Crippen LogP contribution in [0.25, 0.3) is 5.70 Å². The average molecular weight is 453 g/mol. The summed E-state index contributed by atoms with van der Waals surface area (Å²) in [4.78, 5) is 8.23. The molecule has 0 saturated heterocycles. The second-order valence-electron chi connectivity index (χ2n) is 9.05. The van der Waals surface area contributed by atoms with Gasteiger partial charge in [-0.15, -0.1) is 0 Å². The molecule has 0 spiro atoms. The van der Waals surface area contributed by atoms with Crippen LogP contribution in [-0.2, 0) is 0 Å². The summed E-state index contributed by atoms with van der Waals surface area (Å²) in [5.41, 5.74) is 11.2. The van der Waals surface area contributed by atoms with Crippen LogP contribution in [0.4, 0.5) is 4.39 Å². The topological polar surface area (TPSA) is 72.0 Å². The molecular formula is C27H37FN4O. The van der Waals surface area contributed by atoms with Crippen LogP contribution in [0.15, 0.2) is 70.0 Å². The van der Waals surface area contributed by atoms with Crippen LogP contribution < -0.4 is 15.8 Å². The number of ether oxygens (including phenoxy) is 1. The molecule has 33 heavy (non-hydrogen) atoms. The molecule has 1 unspecified atom stereocenters. The van der Waals surface area contributed by atoms with Crippen molar-refractivity contribution in [3.63, 3.8) is 0 Å². The first-order valence-corrected chi connectivity index (χ1v) is 11.2. The van der Waals surface area contributed by atoms with E-state index in [4.69, 9.17) is 10.5 Å². The van der Waals surface area contributed by atoms with Gasteiger partial charge in [0.1, 0.15) is 5.75 Å². The number of hydrogen-bond donors (Lipinski definition) is 2. The summed E-state index contributed by atoms with van der Waals surface area (Å²) in [5, 5.41) is 3.33. The predicted molar refractivity (Wildman–Crippen MR) is 138 cm³/mol. The van der Waals surface area contributed by atoms with E-state index in [2.05, 4.69) is 34.7 Å². The summed E-state index contributed by atoms with van der Waals surface area (Å²) in [6, 6.07) is 6.08. The normalized spacial score (nSPS) is 16.6. The molecular weight excluding hydrogens is 415 g/mol. The molecule has 2 rings (SSSR count). The van der Waals surface area contributed by atoms with E-state index in [1.165, 1.54) is 19.8 Å². The van der Waals surface area contributed by atoms with Crippen LogP contribution in [0.5, 0.6) is 5.75 Å². The molecule has 0 radical (unpaired) electrons. The highest BCUT2D eigenvalue weighted by atomic mass is 19.1. The van der Waals surface area contributed by atoms with Gasteiger partial charge in [-0.2, -0.15) is 0 Å². The third-order valence-corrected chi connectivity index (χ3v) is 5.15. The Morgan fingerprint density at radius 1 is 1.21 bits per heavy atom. The predicted octanol–water partition coefficient (Wildman–Crippen LogP) is 5.94. The van der Waals surface area contributed by atoms with Crippen molar-refractivity contribution in [1.29, 1.82) is 0 Å². The molecule has 0 aliphatic heterocycles. The van der Waals surface area contributed by atoms with E-state index < -0.39 is 5.79 Å². The highest BCUT2D eigenvalue weighted by Gasteiger charge is 2.22. The number of hydrogen-bond acceptors (Lipinski definition) is 5. The monoisotopic (exact) mass is 452 g/mol. The van der Waals surface area contributed by atoms with Gasteiger partial charge < -0.3 is 10.1 Å². The number of allylic oxidation sites excluding steroid dienone is 3. The molecule has 0 heterocycles. The van der Waals surface area contributed by atoms with E-state index >= 15 is 0 Å². The van der Waals surface area contributed by atoms with Crippen molar-refractivity contribution in [2.75, 3.05) is 13.2 Å². The van der Waals surface area contributed by atoms with Gasteiger partial charge in [0.2, 0.25) is 0 Å². The lowest BCUT2D eigenvalue weighted by Gasteiger charge is -2.15. The Labute approximate surface area is 197 Å². The zero-order valence-electron chi connectivity index (χ0n) is 20.5. The molecule has 0 aromatic heterocycles. The van der Waals surface area contributed by atoms with Gasteiger partial charge in [-0.25, -0.2) is 4.39 Å². The first kappa shape index (κ1) is 26.3. The molecule has 1 aliphatic carbocycles. The van der Waals surface area contributed by atoms with Crippen LogP contribution >= 0.6 is 0 Å². The van der Waals surface area contributed by atoms with Gasteiger partial charge in [0.05, 0.1) is 12.3 Å². The quantitative estimate of drug-likeness (QED) is 0.234. The van der Waals surface area contributed by atoms with Gasteiger partial charge in [-0.3, -0.25) is 15.7 Å². The molecule has 1 fully saturated rings. The molecule has 1 aliphatic rings. The maximum absolute atomic E-state index is 13.9. The lowest BCUT2D eigenvalue weighted by Crippen LogP contribution is -2.31. The lowest BCUT2D eigenvalue weighted by molar-refractivity contribution is 0.248. The molecule has 178 valence electrons. The molecule has 1 aromatic carbocycles. The average Bonchev–Trinajstić information content (AvgIpc) is 3.58. The lowest BCUT2D eigenvalue weighted by atomic mass is 10.0. The van der Waals surface area contributed by atoms with Gasteiger partial charge in [-0.1, -0.05) is 23.8 Å². The number of benzene rings is 1. The maximum atomic E-state index is 13.9. The Bertz CT molecular complexity index is 988. The van der Waals surface area contributed by atoms with E-state index in [1.807, 2.05) is 46.0 Å². The van der Waals surface area contributed by atoms with E-state index in [0.717, 1.165) is 46.0 Å². The van der Waals surface area contributed by atoms with E-state index in [-0.39, 0.29) is 5.70 Å². The van der Waals surface area contributed by atoms with Crippen LogP contribution in [0, 0.1) is 5.92 Å². The molecule has 1 aromatic rings. The molecule has 1 atom stereocenters. The molecule has 0 bridgehead atoms. The number of rotatable bonds is 12. The van der Waals surface area contributed by atoms with Gasteiger partial charge in [0.15, 0.2) is 5.79 Å². The number of aliphatic imine (C=N–C) groups is 2. The summed E-state index contributed by atoms with van der Waals surface area (Å²) in [6.07, 6.45) is 7.64. The third kappa shape index (κ3) is 9.18. The summed E-state index contributed by atoms with van der Waals surface area (Å²) < 4.78 is 19.9. The highest BCUT2D eigenvalue weighted by Crippen LogP contribution is 2.30. The Hall–Kier alpha value is -2.99. The number of alkyl halides is 1. The summed E-state index contributed by atoms with van der Waals surface area (Å²) in [7, 11) is 0. The van der Waals surface area contributed by atoms with Crippen LogP contribution in [-0.4, -0.2) is 31.4 Å². The van der Waals surface area contributed by atoms with E-state index in [0.29, 0.717) is 12.5 Å². The van der Waals surface area contributed by atoms with Crippen molar-refractivity contribution >= 4 is 18.1 Å². The van der Waals surface area contributed by atoms with Crippen LogP contribution in [0.1, 0.15) is 58.6 Å². The van der Waals surface area contributed by atoms with Gasteiger partial charge >= 0.3 is 0 Å². The summed E-state index contributed by atoms with van der Waals surface area (Å²) >= 11 is 0. The molecule has 3 N–H and O–H groups in total. The zero-order chi connectivity index (χ0) is 24.6. The first-order valence-electron chi connectivity index (χ1n) is 11.2. The number of nitrogens with two attached hydrogens (primary N) is 1. The second kappa shape index (κ2) is 11.8. The third-order valence-electron chi connectivity index (χ3n) is 5.15. The number of nitrogens with one attached hydrogen (secondary N) is 1. The van der Waals surface area contributed by atoms with Gasteiger partial charge in [0, 0.05) is 29.7 Å². The summed E-state index contributed by atoms with van der Waals surface area (Å²) in [5.74, 6) is -0.557. The molecule has 6 heteroatoms. The fraction of sp³-hybridized carbons (Fsp3) is 0.407. The molecule has 5 nitrogen and oxygen atoms in total. The van der Waals surface area contributed by atoms with Crippen molar-refractivity contribution in [3.05, 3.63) is 71.1 Å². The Morgan fingerprint density at radius 2 is 1.88 bits per heavy atom. The Kier molecular flexibility index (Phi) is 9.35. The minimum atomic E-state index is -2.03. The largest absolute Gasteiger partial charge is 0.493 e.